The van der Waals surface area contributed by atoms with Crippen molar-refractivity contribution in [3.8, 4) is 0 Å². The highest BCUT2D eigenvalue weighted by molar-refractivity contribution is 6.16. The fourth-order valence-electron chi connectivity index (χ4n) is 2.47. The third kappa shape index (κ3) is 3.90. The molecule has 6 heteroatoms. The lowest BCUT2D eigenvalue weighted by Crippen LogP contribution is -2.18. The van der Waals surface area contributed by atoms with Gasteiger partial charge in [0, 0.05) is 23.7 Å². The SMILES string of the molecule is C=C(N)Cc1ccc(C(=N)c2c(N)ncnc2NC(C)C)cc1C. The minimum absolute atomic E-state index is 0.172. The van der Waals surface area contributed by atoms with E-state index in [9.17, 15) is 0 Å². The Bertz CT molecular complexity index is 779. The smallest absolute Gasteiger partial charge is 0.141 e. The first-order chi connectivity index (χ1) is 11.3. The maximum atomic E-state index is 8.56. The molecular formula is C18H24N6. The van der Waals surface area contributed by atoms with Crippen LogP contribution in [0.5, 0.6) is 0 Å². The van der Waals surface area contributed by atoms with Gasteiger partial charge in [-0.1, -0.05) is 18.7 Å². The molecule has 1 aromatic heterocycles. The number of anilines is 2. The van der Waals surface area contributed by atoms with Crippen LogP contribution >= 0.6 is 0 Å². The number of nitrogens with zero attached hydrogens (tertiary/aromatic N) is 2. The Morgan fingerprint density at radius 1 is 1.33 bits per heavy atom. The van der Waals surface area contributed by atoms with Gasteiger partial charge < -0.3 is 16.8 Å². The summed E-state index contributed by atoms with van der Waals surface area (Å²) >= 11 is 0. The van der Waals surface area contributed by atoms with E-state index < -0.39 is 0 Å². The molecule has 6 N–H and O–H groups in total. The van der Waals surface area contributed by atoms with Crippen molar-refractivity contribution in [2.24, 2.45) is 5.73 Å². The Labute approximate surface area is 142 Å². The largest absolute Gasteiger partial charge is 0.402 e. The fourth-order valence-corrected chi connectivity index (χ4v) is 2.47. The van der Waals surface area contributed by atoms with Gasteiger partial charge in [0.25, 0.3) is 0 Å². The van der Waals surface area contributed by atoms with Crippen molar-refractivity contribution in [3.63, 3.8) is 0 Å². The summed E-state index contributed by atoms with van der Waals surface area (Å²) in [5.41, 5.74) is 16.0. The maximum absolute atomic E-state index is 8.56. The van der Waals surface area contributed by atoms with Gasteiger partial charge in [0.1, 0.15) is 18.0 Å². The first-order valence-electron chi connectivity index (χ1n) is 7.78. The molecule has 0 saturated carbocycles. The number of nitrogens with two attached hydrogens (primary N) is 2. The lowest BCUT2D eigenvalue weighted by molar-refractivity contribution is 0.885. The van der Waals surface area contributed by atoms with E-state index in [-0.39, 0.29) is 17.6 Å². The predicted molar refractivity (Wildman–Crippen MR) is 99.3 cm³/mol. The number of aryl methyl sites for hydroxylation is 1. The Balaban J connectivity index is 2.42. The van der Waals surface area contributed by atoms with Gasteiger partial charge in [-0.05, 0) is 38.0 Å². The molecule has 0 bridgehead atoms. The Kier molecular flexibility index (Phi) is 5.18. The summed E-state index contributed by atoms with van der Waals surface area (Å²) in [7, 11) is 0. The zero-order chi connectivity index (χ0) is 17.9. The highest BCUT2D eigenvalue weighted by Crippen LogP contribution is 2.23. The third-order valence-corrected chi connectivity index (χ3v) is 3.60. The van der Waals surface area contributed by atoms with Crippen molar-refractivity contribution in [1.29, 1.82) is 5.41 Å². The molecule has 0 saturated heterocycles. The molecule has 2 rings (SSSR count). The highest BCUT2D eigenvalue weighted by atomic mass is 15.1. The van der Waals surface area contributed by atoms with E-state index in [1.54, 1.807) is 0 Å². The third-order valence-electron chi connectivity index (χ3n) is 3.60. The van der Waals surface area contributed by atoms with Gasteiger partial charge in [-0.25, -0.2) is 9.97 Å². The fraction of sp³-hybridized carbons (Fsp3) is 0.278. The van der Waals surface area contributed by atoms with Crippen molar-refractivity contribution < 1.29 is 0 Å². The summed E-state index contributed by atoms with van der Waals surface area (Å²) in [6, 6.07) is 5.98. The molecule has 0 atom stereocenters. The number of nitrogens with one attached hydrogen (secondary N) is 2. The van der Waals surface area contributed by atoms with Crippen LogP contribution in [0.3, 0.4) is 0 Å². The highest BCUT2D eigenvalue weighted by Gasteiger charge is 2.17. The lowest BCUT2D eigenvalue weighted by Gasteiger charge is -2.16. The molecule has 0 radical (unpaired) electrons. The summed E-state index contributed by atoms with van der Waals surface area (Å²) < 4.78 is 0. The van der Waals surface area contributed by atoms with E-state index in [0.29, 0.717) is 23.5 Å². The molecule has 0 fully saturated rings. The van der Waals surface area contributed by atoms with E-state index in [2.05, 4.69) is 21.9 Å². The normalized spacial score (nSPS) is 10.7. The van der Waals surface area contributed by atoms with Crippen molar-refractivity contribution >= 4 is 17.3 Å². The van der Waals surface area contributed by atoms with Crippen LogP contribution in [0.4, 0.5) is 11.6 Å². The van der Waals surface area contributed by atoms with Crippen molar-refractivity contribution in [2.45, 2.75) is 33.2 Å². The molecule has 6 nitrogen and oxygen atoms in total. The molecule has 1 heterocycles. The number of nitrogen functional groups attached to an aromatic ring is 1. The van der Waals surface area contributed by atoms with E-state index >= 15 is 0 Å². The first kappa shape index (κ1) is 17.5. The predicted octanol–water partition coefficient (Wildman–Crippen LogP) is 2.62. The molecular weight excluding hydrogens is 300 g/mol. The average molecular weight is 324 g/mol. The monoisotopic (exact) mass is 324 g/mol. The number of aromatic nitrogens is 2. The van der Waals surface area contributed by atoms with Crippen LogP contribution in [-0.2, 0) is 6.42 Å². The molecule has 0 aliphatic heterocycles. The molecule has 126 valence electrons. The molecule has 0 spiro atoms. The first-order valence-corrected chi connectivity index (χ1v) is 7.78. The number of rotatable bonds is 6. The van der Waals surface area contributed by atoms with Crippen LogP contribution in [0.25, 0.3) is 0 Å². The second kappa shape index (κ2) is 7.12. The maximum Gasteiger partial charge on any atom is 0.141 e. The summed E-state index contributed by atoms with van der Waals surface area (Å²) in [6.45, 7) is 9.74. The Hall–Kier alpha value is -2.89. The minimum atomic E-state index is 0.172. The number of hydrogen-bond donors (Lipinski definition) is 4. The number of allylic oxidation sites excluding steroid dienone is 1. The van der Waals surface area contributed by atoms with E-state index in [0.717, 1.165) is 16.7 Å². The second-order valence-corrected chi connectivity index (χ2v) is 6.13. The van der Waals surface area contributed by atoms with Gasteiger partial charge in [-0.15, -0.1) is 0 Å². The molecule has 2 aromatic rings. The van der Waals surface area contributed by atoms with Crippen molar-refractivity contribution in [3.05, 3.63) is 59.1 Å². The summed E-state index contributed by atoms with van der Waals surface area (Å²) in [6.07, 6.45) is 2.02. The number of benzene rings is 1. The standard InChI is InChI=1S/C18H24N6/c1-10(2)24-18-15(17(21)22-9-23-18)16(20)14-6-5-13(8-12(4)19)11(3)7-14/h5-7,9-10,20H,4,8,19H2,1-3H3,(H3,21,22,23,24). The van der Waals surface area contributed by atoms with Crippen LogP contribution < -0.4 is 16.8 Å². The number of hydrogen-bond acceptors (Lipinski definition) is 6. The van der Waals surface area contributed by atoms with Crippen LogP contribution in [0.1, 0.15) is 36.1 Å². The van der Waals surface area contributed by atoms with Crippen molar-refractivity contribution in [2.75, 3.05) is 11.1 Å². The van der Waals surface area contributed by atoms with Gasteiger partial charge in [-0.2, -0.15) is 0 Å². The van der Waals surface area contributed by atoms with Crippen LogP contribution in [-0.4, -0.2) is 21.7 Å². The summed E-state index contributed by atoms with van der Waals surface area (Å²) in [4.78, 5) is 8.27. The van der Waals surface area contributed by atoms with Gasteiger partial charge in [-0.3, -0.25) is 5.41 Å². The minimum Gasteiger partial charge on any atom is -0.402 e. The summed E-state index contributed by atoms with van der Waals surface area (Å²) in [5.74, 6) is 0.856. The quantitative estimate of drug-likeness (QED) is 0.610. The van der Waals surface area contributed by atoms with E-state index in [1.165, 1.54) is 6.33 Å². The van der Waals surface area contributed by atoms with Crippen LogP contribution in [0.2, 0.25) is 0 Å². The Morgan fingerprint density at radius 3 is 2.62 bits per heavy atom. The van der Waals surface area contributed by atoms with Crippen LogP contribution in [0, 0.1) is 12.3 Å². The molecule has 24 heavy (non-hydrogen) atoms. The lowest BCUT2D eigenvalue weighted by atomic mass is 9.96. The molecule has 0 aliphatic rings. The zero-order valence-corrected chi connectivity index (χ0v) is 14.4. The van der Waals surface area contributed by atoms with Gasteiger partial charge in [0.05, 0.1) is 11.3 Å². The molecule has 1 aromatic carbocycles. The van der Waals surface area contributed by atoms with Crippen molar-refractivity contribution in [1.82, 2.24) is 9.97 Å². The molecule has 0 aliphatic carbocycles. The van der Waals surface area contributed by atoms with Gasteiger partial charge >= 0.3 is 0 Å². The zero-order valence-electron chi connectivity index (χ0n) is 14.4. The Morgan fingerprint density at radius 2 is 2.04 bits per heavy atom. The summed E-state index contributed by atoms with van der Waals surface area (Å²) in [5, 5.41) is 11.8. The molecule has 0 unspecified atom stereocenters. The van der Waals surface area contributed by atoms with E-state index in [1.807, 2.05) is 39.0 Å². The topological polar surface area (TPSA) is 114 Å². The molecule has 0 amide bonds. The van der Waals surface area contributed by atoms with Gasteiger partial charge in [0.15, 0.2) is 0 Å². The average Bonchev–Trinajstić information content (AvgIpc) is 2.48. The van der Waals surface area contributed by atoms with Gasteiger partial charge in [0.2, 0.25) is 0 Å². The van der Waals surface area contributed by atoms with Crippen LogP contribution in [0.15, 0.2) is 36.8 Å². The second-order valence-electron chi connectivity index (χ2n) is 6.13. The van der Waals surface area contributed by atoms with E-state index in [4.69, 9.17) is 16.9 Å².